The van der Waals surface area contributed by atoms with E-state index in [-0.39, 0.29) is 6.61 Å². The lowest BCUT2D eigenvalue weighted by Gasteiger charge is -2.19. The SMILES string of the molecule is Cc1cc(-c2coc3c2CCC(CO)C3)no1. The number of hydrogen-bond donors (Lipinski definition) is 1. The first-order chi connectivity index (χ1) is 8.28. The topological polar surface area (TPSA) is 59.4 Å². The van der Waals surface area contributed by atoms with Crippen molar-refractivity contribution in [3.8, 4) is 11.3 Å². The van der Waals surface area contributed by atoms with Gasteiger partial charge in [0.1, 0.15) is 23.5 Å². The molecule has 17 heavy (non-hydrogen) atoms. The molecule has 3 rings (SSSR count). The van der Waals surface area contributed by atoms with Gasteiger partial charge in [0, 0.05) is 30.2 Å². The fraction of sp³-hybridized carbons (Fsp3) is 0.462. The lowest BCUT2D eigenvalue weighted by molar-refractivity contribution is 0.205. The summed E-state index contributed by atoms with van der Waals surface area (Å²) in [7, 11) is 0. The molecule has 90 valence electrons. The highest BCUT2D eigenvalue weighted by molar-refractivity contribution is 5.63. The molecule has 0 saturated carbocycles. The number of hydrogen-bond acceptors (Lipinski definition) is 4. The van der Waals surface area contributed by atoms with Crippen LogP contribution in [0.5, 0.6) is 0 Å². The Hall–Kier alpha value is -1.55. The third-order valence-electron chi connectivity index (χ3n) is 3.42. The number of nitrogens with zero attached hydrogens (tertiary/aromatic N) is 1. The van der Waals surface area contributed by atoms with Gasteiger partial charge in [-0.15, -0.1) is 0 Å². The maximum atomic E-state index is 9.17. The largest absolute Gasteiger partial charge is 0.468 e. The van der Waals surface area contributed by atoms with Crippen LogP contribution in [0.4, 0.5) is 0 Å². The minimum Gasteiger partial charge on any atom is -0.468 e. The normalized spacial score (nSPS) is 19.3. The fourth-order valence-electron chi connectivity index (χ4n) is 2.44. The second kappa shape index (κ2) is 4.04. The second-order valence-electron chi connectivity index (χ2n) is 4.67. The maximum absolute atomic E-state index is 9.17. The van der Waals surface area contributed by atoms with Crippen molar-refractivity contribution in [2.24, 2.45) is 5.92 Å². The van der Waals surface area contributed by atoms with Gasteiger partial charge in [0.05, 0.1) is 0 Å². The van der Waals surface area contributed by atoms with Crippen LogP contribution in [-0.4, -0.2) is 16.9 Å². The molecule has 1 unspecified atom stereocenters. The Bertz CT molecular complexity index is 527. The van der Waals surface area contributed by atoms with Crippen LogP contribution in [0.15, 0.2) is 21.3 Å². The van der Waals surface area contributed by atoms with E-state index in [1.807, 2.05) is 13.0 Å². The molecule has 4 heteroatoms. The Morgan fingerprint density at radius 3 is 3.12 bits per heavy atom. The zero-order chi connectivity index (χ0) is 11.8. The van der Waals surface area contributed by atoms with Crippen LogP contribution in [0.25, 0.3) is 11.3 Å². The Morgan fingerprint density at radius 2 is 2.41 bits per heavy atom. The summed E-state index contributed by atoms with van der Waals surface area (Å²) < 4.78 is 10.7. The molecule has 2 aromatic heterocycles. The number of rotatable bonds is 2. The van der Waals surface area contributed by atoms with E-state index in [4.69, 9.17) is 8.94 Å². The summed E-state index contributed by atoms with van der Waals surface area (Å²) in [5.74, 6) is 2.13. The number of fused-ring (bicyclic) bond motifs is 1. The van der Waals surface area contributed by atoms with Crippen LogP contribution >= 0.6 is 0 Å². The summed E-state index contributed by atoms with van der Waals surface area (Å²) in [5, 5.41) is 13.2. The van der Waals surface area contributed by atoms with Crippen molar-refractivity contribution in [1.29, 1.82) is 0 Å². The summed E-state index contributed by atoms with van der Waals surface area (Å²) in [5.41, 5.74) is 3.10. The summed E-state index contributed by atoms with van der Waals surface area (Å²) in [6, 6.07) is 1.92. The molecule has 1 aliphatic carbocycles. The van der Waals surface area contributed by atoms with Gasteiger partial charge in [-0.3, -0.25) is 0 Å². The first-order valence-electron chi connectivity index (χ1n) is 5.91. The summed E-state index contributed by atoms with van der Waals surface area (Å²) in [4.78, 5) is 0. The van der Waals surface area contributed by atoms with E-state index >= 15 is 0 Å². The second-order valence-corrected chi connectivity index (χ2v) is 4.67. The van der Waals surface area contributed by atoms with E-state index in [1.54, 1.807) is 6.26 Å². The third kappa shape index (κ3) is 1.78. The van der Waals surface area contributed by atoms with E-state index in [9.17, 15) is 5.11 Å². The Kier molecular flexibility index (Phi) is 2.52. The molecule has 0 aliphatic heterocycles. The van der Waals surface area contributed by atoms with Gasteiger partial charge in [-0.05, 0) is 25.7 Å². The molecular formula is C13H15NO3. The van der Waals surface area contributed by atoms with Crippen molar-refractivity contribution in [2.75, 3.05) is 6.61 Å². The summed E-state index contributed by atoms with van der Waals surface area (Å²) in [6.07, 6.45) is 4.52. The van der Waals surface area contributed by atoms with E-state index in [1.165, 1.54) is 5.56 Å². The molecule has 0 fully saturated rings. The molecule has 0 bridgehead atoms. The smallest absolute Gasteiger partial charge is 0.134 e. The molecule has 1 aliphatic rings. The number of aryl methyl sites for hydroxylation is 1. The maximum Gasteiger partial charge on any atom is 0.134 e. The fourth-order valence-corrected chi connectivity index (χ4v) is 2.44. The predicted octanol–water partition coefficient (Wildman–Crippen LogP) is 2.34. The summed E-state index contributed by atoms with van der Waals surface area (Å²) in [6.45, 7) is 2.11. The zero-order valence-electron chi connectivity index (χ0n) is 9.77. The van der Waals surface area contributed by atoms with Crippen molar-refractivity contribution in [3.05, 3.63) is 29.4 Å². The minimum absolute atomic E-state index is 0.235. The van der Waals surface area contributed by atoms with Crippen molar-refractivity contribution in [2.45, 2.75) is 26.2 Å². The lowest BCUT2D eigenvalue weighted by atomic mass is 9.87. The van der Waals surface area contributed by atoms with Crippen LogP contribution in [0.1, 0.15) is 23.5 Å². The monoisotopic (exact) mass is 233 g/mol. The van der Waals surface area contributed by atoms with Crippen molar-refractivity contribution in [3.63, 3.8) is 0 Å². The highest BCUT2D eigenvalue weighted by Gasteiger charge is 2.25. The lowest BCUT2D eigenvalue weighted by Crippen LogP contribution is -2.16. The molecule has 0 aromatic carbocycles. The van der Waals surface area contributed by atoms with E-state index in [0.717, 1.165) is 42.0 Å². The highest BCUT2D eigenvalue weighted by Crippen LogP contribution is 2.34. The molecule has 0 radical (unpaired) electrons. The van der Waals surface area contributed by atoms with Gasteiger partial charge in [0.15, 0.2) is 0 Å². The van der Waals surface area contributed by atoms with E-state index in [2.05, 4.69) is 5.16 Å². The first-order valence-corrected chi connectivity index (χ1v) is 5.91. The molecule has 0 saturated heterocycles. The first kappa shape index (κ1) is 10.6. The Labute approximate surface area is 99.2 Å². The van der Waals surface area contributed by atoms with Crippen LogP contribution in [0, 0.1) is 12.8 Å². The average molecular weight is 233 g/mol. The summed E-state index contributed by atoms with van der Waals surface area (Å²) >= 11 is 0. The van der Waals surface area contributed by atoms with Crippen LogP contribution in [-0.2, 0) is 12.8 Å². The highest BCUT2D eigenvalue weighted by atomic mass is 16.5. The molecule has 0 amide bonds. The van der Waals surface area contributed by atoms with Gasteiger partial charge < -0.3 is 14.0 Å². The Morgan fingerprint density at radius 1 is 1.53 bits per heavy atom. The molecule has 4 nitrogen and oxygen atoms in total. The minimum atomic E-state index is 0.235. The number of aromatic nitrogens is 1. The van der Waals surface area contributed by atoms with Crippen LogP contribution in [0.2, 0.25) is 0 Å². The molecule has 1 N–H and O–H groups in total. The molecule has 0 spiro atoms. The molecule has 1 atom stereocenters. The van der Waals surface area contributed by atoms with Gasteiger partial charge in [0.25, 0.3) is 0 Å². The standard InChI is InChI=1S/C13H15NO3/c1-8-4-12(14-17-8)11-7-16-13-5-9(6-15)2-3-10(11)13/h4,7,9,15H,2-3,5-6H2,1H3. The molecular weight excluding hydrogens is 218 g/mol. The van der Waals surface area contributed by atoms with Crippen molar-refractivity contribution < 1.29 is 14.0 Å². The van der Waals surface area contributed by atoms with Gasteiger partial charge in [0.2, 0.25) is 0 Å². The van der Waals surface area contributed by atoms with Gasteiger partial charge in [-0.1, -0.05) is 5.16 Å². The predicted molar refractivity (Wildman–Crippen MR) is 61.5 cm³/mol. The van der Waals surface area contributed by atoms with Crippen molar-refractivity contribution >= 4 is 0 Å². The van der Waals surface area contributed by atoms with Gasteiger partial charge in [-0.25, -0.2) is 0 Å². The van der Waals surface area contributed by atoms with Gasteiger partial charge >= 0.3 is 0 Å². The van der Waals surface area contributed by atoms with E-state index < -0.39 is 0 Å². The molecule has 2 heterocycles. The van der Waals surface area contributed by atoms with Crippen LogP contribution < -0.4 is 0 Å². The van der Waals surface area contributed by atoms with Crippen molar-refractivity contribution in [1.82, 2.24) is 5.16 Å². The number of aliphatic hydroxyl groups excluding tert-OH is 1. The number of furan rings is 1. The van der Waals surface area contributed by atoms with Gasteiger partial charge in [-0.2, -0.15) is 0 Å². The van der Waals surface area contributed by atoms with E-state index in [0.29, 0.717) is 5.92 Å². The Balaban J connectivity index is 1.96. The average Bonchev–Trinajstić information content (AvgIpc) is 2.93. The number of aliphatic hydroxyl groups is 1. The third-order valence-corrected chi connectivity index (χ3v) is 3.42. The van der Waals surface area contributed by atoms with Crippen LogP contribution in [0.3, 0.4) is 0 Å². The zero-order valence-corrected chi connectivity index (χ0v) is 9.77. The molecule has 2 aromatic rings. The quantitative estimate of drug-likeness (QED) is 0.864.